The predicted molar refractivity (Wildman–Crippen MR) is 77.0 cm³/mol. The highest BCUT2D eigenvalue weighted by molar-refractivity contribution is 6.01. The molecule has 0 radical (unpaired) electrons. The van der Waals surface area contributed by atoms with E-state index in [1.165, 1.54) is 0 Å². The number of para-hydroxylation sites is 1. The van der Waals surface area contributed by atoms with Crippen LogP contribution in [0.1, 0.15) is 43.0 Å². The third kappa shape index (κ3) is 2.29. The Morgan fingerprint density at radius 3 is 2.65 bits per heavy atom. The monoisotopic (exact) mass is 276 g/mol. The van der Waals surface area contributed by atoms with Gasteiger partial charge in [0.2, 0.25) is 0 Å². The van der Waals surface area contributed by atoms with E-state index in [4.69, 9.17) is 0 Å². The van der Waals surface area contributed by atoms with Crippen LogP contribution in [0.15, 0.2) is 18.2 Å². The lowest BCUT2D eigenvalue weighted by Gasteiger charge is -2.22. The molecule has 5 heteroatoms. The Balaban J connectivity index is 2.70. The van der Waals surface area contributed by atoms with E-state index in [-0.39, 0.29) is 24.1 Å². The van der Waals surface area contributed by atoms with Crippen molar-refractivity contribution < 1.29 is 15.0 Å². The van der Waals surface area contributed by atoms with Crippen LogP contribution in [-0.4, -0.2) is 32.3 Å². The zero-order valence-corrected chi connectivity index (χ0v) is 12.0. The summed E-state index contributed by atoms with van der Waals surface area (Å²) in [4.78, 5) is 15.8. The number of aryl methyl sites for hydroxylation is 1. The second-order valence-electron chi connectivity index (χ2n) is 5.13. The Bertz CT molecular complexity index is 633. The van der Waals surface area contributed by atoms with Crippen LogP contribution in [-0.2, 0) is 6.42 Å². The number of aliphatic hydroxyl groups is 1. The average Bonchev–Trinajstić information content (AvgIpc) is 2.83. The third-order valence-electron chi connectivity index (χ3n) is 3.86. The Kier molecular flexibility index (Phi) is 4.09. The Hall–Kier alpha value is -1.88. The van der Waals surface area contributed by atoms with Crippen LogP contribution in [0.4, 0.5) is 0 Å². The summed E-state index contributed by atoms with van der Waals surface area (Å²) < 4.78 is 2.04. The van der Waals surface area contributed by atoms with Gasteiger partial charge in [0.1, 0.15) is 11.3 Å². The first-order valence-electron chi connectivity index (χ1n) is 6.85. The molecule has 2 atom stereocenters. The number of aromatic nitrogens is 2. The number of fused-ring (bicyclic) bond motifs is 1. The number of aliphatic hydroxyl groups excluding tert-OH is 1. The standard InChI is InChI=1S/C15H20N2O3/c1-4-13-16-14-11(15(19)20)6-5-7-12(14)17(13)10(3)9(2)8-18/h5-7,9-10,18H,4,8H2,1-3H3,(H,19,20). The quantitative estimate of drug-likeness (QED) is 0.879. The van der Waals surface area contributed by atoms with Gasteiger partial charge in [-0.1, -0.05) is 19.9 Å². The number of nitrogens with zero attached hydrogens (tertiary/aromatic N) is 2. The molecule has 1 aromatic carbocycles. The van der Waals surface area contributed by atoms with Crippen LogP contribution >= 0.6 is 0 Å². The number of hydrogen-bond acceptors (Lipinski definition) is 3. The number of carboxylic acid groups (broad SMARTS) is 1. The molecule has 20 heavy (non-hydrogen) atoms. The molecular formula is C15H20N2O3. The van der Waals surface area contributed by atoms with Crippen molar-refractivity contribution in [3.05, 3.63) is 29.6 Å². The lowest BCUT2D eigenvalue weighted by molar-refractivity contribution is 0.0699. The molecule has 0 aliphatic heterocycles. The highest BCUT2D eigenvalue weighted by atomic mass is 16.4. The van der Waals surface area contributed by atoms with Gasteiger partial charge in [0, 0.05) is 19.1 Å². The van der Waals surface area contributed by atoms with E-state index in [1.54, 1.807) is 12.1 Å². The molecule has 1 aromatic heterocycles. The first kappa shape index (κ1) is 14.5. The molecule has 0 saturated carbocycles. The van der Waals surface area contributed by atoms with Crippen LogP contribution in [0.2, 0.25) is 0 Å². The van der Waals surface area contributed by atoms with Crippen molar-refractivity contribution in [3.8, 4) is 0 Å². The third-order valence-corrected chi connectivity index (χ3v) is 3.86. The van der Waals surface area contributed by atoms with E-state index in [0.29, 0.717) is 5.52 Å². The van der Waals surface area contributed by atoms with Gasteiger partial charge in [-0.05, 0) is 25.0 Å². The van der Waals surface area contributed by atoms with Crippen molar-refractivity contribution in [2.75, 3.05) is 6.61 Å². The van der Waals surface area contributed by atoms with Crippen molar-refractivity contribution in [2.24, 2.45) is 5.92 Å². The number of benzene rings is 1. The SMILES string of the molecule is CCc1nc2c(C(=O)O)cccc2n1C(C)C(C)CO. The molecule has 2 N–H and O–H groups in total. The van der Waals surface area contributed by atoms with Crippen molar-refractivity contribution in [2.45, 2.75) is 33.2 Å². The van der Waals surface area contributed by atoms with Crippen LogP contribution in [0.3, 0.4) is 0 Å². The summed E-state index contributed by atoms with van der Waals surface area (Å²) in [5.41, 5.74) is 1.56. The largest absolute Gasteiger partial charge is 0.478 e. The van der Waals surface area contributed by atoms with Gasteiger partial charge < -0.3 is 14.8 Å². The number of aromatic carboxylic acids is 1. The fourth-order valence-electron chi connectivity index (χ4n) is 2.45. The molecule has 2 unspecified atom stereocenters. The first-order chi connectivity index (χ1) is 9.51. The maximum absolute atomic E-state index is 11.3. The first-order valence-corrected chi connectivity index (χ1v) is 6.85. The number of carboxylic acids is 1. The number of rotatable bonds is 5. The molecular weight excluding hydrogens is 256 g/mol. The highest BCUT2D eigenvalue weighted by Gasteiger charge is 2.21. The molecule has 0 bridgehead atoms. The Labute approximate surface area is 117 Å². The fraction of sp³-hybridized carbons (Fsp3) is 0.467. The Morgan fingerprint density at radius 1 is 1.40 bits per heavy atom. The van der Waals surface area contributed by atoms with Crippen molar-refractivity contribution in [3.63, 3.8) is 0 Å². The number of hydrogen-bond donors (Lipinski definition) is 2. The molecule has 0 fully saturated rings. The topological polar surface area (TPSA) is 75.3 Å². The molecule has 0 spiro atoms. The van der Waals surface area contributed by atoms with Gasteiger partial charge in [-0.2, -0.15) is 0 Å². The summed E-state index contributed by atoms with van der Waals surface area (Å²) in [5, 5.41) is 18.6. The molecule has 108 valence electrons. The molecule has 5 nitrogen and oxygen atoms in total. The maximum atomic E-state index is 11.3. The lowest BCUT2D eigenvalue weighted by Crippen LogP contribution is -2.19. The van der Waals surface area contributed by atoms with Gasteiger partial charge in [-0.15, -0.1) is 0 Å². The van der Waals surface area contributed by atoms with Crippen LogP contribution in [0.25, 0.3) is 11.0 Å². The van der Waals surface area contributed by atoms with Gasteiger partial charge in [0.05, 0.1) is 11.1 Å². The smallest absolute Gasteiger partial charge is 0.337 e. The van der Waals surface area contributed by atoms with Crippen molar-refractivity contribution >= 4 is 17.0 Å². The van der Waals surface area contributed by atoms with Gasteiger partial charge in [-0.3, -0.25) is 0 Å². The zero-order valence-electron chi connectivity index (χ0n) is 12.0. The molecule has 0 amide bonds. The van der Waals surface area contributed by atoms with E-state index in [9.17, 15) is 15.0 Å². The summed E-state index contributed by atoms with van der Waals surface area (Å²) in [7, 11) is 0. The summed E-state index contributed by atoms with van der Waals surface area (Å²) in [5.74, 6) is -0.0431. The maximum Gasteiger partial charge on any atom is 0.337 e. The van der Waals surface area contributed by atoms with E-state index in [1.807, 2.05) is 31.4 Å². The second kappa shape index (κ2) is 5.63. The average molecular weight is 276 g/mol. The van der Waals surface area contributed by atoms with Crippen LogP contribution in [0.5, 0.6) is 0 Å². The van der Waals surface area contributed by atoms with Crippen molar-refractivity contribution in [1.29, 1.82) is 0 Å². The highest BCUT2D eigenvalue weighted by Crippen LogP contribution is 2.28. The van der Waals surface area contributed by atoms with E-state index in [2.05, 4.69) is 4.98 Å². The second-order valence-corrected chi connectivity index (χ2v) is 5.13. The minimum absolute atomic E-state index is 0.0593. The van der Waals surface area contributed by atoms with Gasteiger partial charge in [0.15, 0.2) is 0 Å². The van der Waals surface area contributed by atoms with Crippen LogP contribution in [0, 0.1) is 5.92 Å². The fourth-order valence-corrected chi connectivity index (χ4v) is 2.45. The summed E-state index contributed by atoms with van der Waals surface area (Å²) in [6, 6.07) is 5.25. The van der Waals surface area contributed by atoms with Gasteiger partial charge in [0.25, 0.3) is 0 Å². The minimum Gasteiger partial charge on any atom is -0.478 e. The van der Waals surface area contributed by atoms with Crippen LogP contribution < -0.4 is 0 Å². The molecule has 1 heterocycles. The van der Waals surface area contributed by atoms with Crippen molar-refractivity contribution in [1.82, 2.24) is 9.55 Å². The zero-order chi connectivity index (χ0) is 14.9. The van der Waals surface area contributed by atoms with E-state index in [0.717, 1.165) is 17.8 Å². The van der Waals surface area contributed by atoms with Gasteiger partial charge in [-0.25, -0.2) is 9.78 Å². The molecule has 0 aliphatic rings. The Morgan fingerprint density at radius 2 is 2.10 bits per heavy atom. The minimum atomic E-state index is -0.967. The summed E-state index contributed by atoms with van der Waals surface area (Å²) in [6.07, 6.45) is 0.718. The normalized spacial score (nSPS) is 14.4. The van der Waals surface area contributed by atoms with E-state index < -0.39 is 5.97 Å². The predicted octanol–water partition coefficient (Wildman–Crippen LogP) is 2.49. The number of carbonyl (C=O) groups is 1. The molecule has 2 rings (SSSR count). The lowest BCUT2D eigenvalue weighted by atomic mass is 10.0. The summed E-state index contributed by atoms with van der Waals surface area (Å²) in [6.45, 7) is 6.07. The molecule has 0 saturated heterocycles. The summed E-state index contributed by atoms with van der Waals surface area (Å²) >= 11 is 0. The van der Waals surface area contributed by atoms with Gasteiger partial charge >= 0.3 is 5.97 Å². The number of imidazole rings is 1. The molecule has 0 aliphatic carbocycles. The van der Waals surface area contributed by atoms with E-state index >= 15 is 0 Å². The molecule has 2 aromatic rings.